The Morgan fingerprint density at radius 3 is 2.53 bits per heavy atom. The third-order valence-corrected chi connectivity index (χ3v) is 2.76. The van der Waals surface area contributed by atoms with E-state index in [4.69, 9.17) is 4.74 Å². The largest absolute Gasteiger partial charge is 0.459 e. The average Bonchev–Trinajstić information content (AvgIpc) is 2.58. The topological polar surface area (TPSA) is 81.2 Å². The number of amides is 1. The van der Waals surface area contributed by atoms with Crippen LogP contribution < -0.4 is 5.32 Å². The molecule has 1 heterocycles. The Morgan fingerprint density at radius 2 is 2.06 bits per heavy atom. The summed E-state index contributed by atoms with van der Waals surface area (Å²) in [5.41, 5.74) is -0.562. The minimum absolute atomic E-state index is 0.187. The summed E-state index contributed by atoms with van der Waals surface area (Å²) in [6.45, 7) is 5.09. The van der Waals surface area contributed by atoms with E-state index >= 15 is 0 Å². The Bertz CT molecular complexity index is 427. The molecule has 0 saturated carbocycles. The van der Waals surface area contributed by atoms with Crippen molar-refractivity contribution in [3.8, 4) is 0 Å². The summed E-state index contributed by atoms with van der Waals surface area (Å²) in [4.78, 5) is 22.8. The van der Waals surface area contributed by atoms with Crippen LogP contribution in [0.5, 0.6) is 0 Å². The molecular weight excluding hydrogens is 310 g/mol. The van der Waals surface area contributed by atoms with Crippen LogP contribution in [0.2, 0.25) is 0 Å². The van der Waals surface area contributed by atoms with E-state index in [1.807, 2.05) is 0 Å². The fourth-order valence-corrected chi connectivity index (χ4v) is 1.93. The lowest BCUT2D eigenvalue weighted by molar-refractivity contribution is -0.153. The fraction of sp³-hybridized carbons (Fsp3) is 0.556. The van der Waals surface area contributed by atoms with Gasteiger partial charge in [0.05, 0.1) is 0 Å². The summed E-state index contributed by atoms with van der Waals surface area (Å²) in [6.07, 6.45) is 0. The lowest BCUT2D eigenvalue weighted by Crippen LogP contribution is -2.34. The molecule has 0 radical (unpaired) electrons. The van der Waals surface area contributed by atoms with E-state index in [2.05, 4.69) is 31.4 Å². The van der Waals surface area contributed by atoms with Crippen LogP contribution in [0.25, 0.3) is 0 Å². The molecule has 0 bridgehead atoms. The van der Waals surface area contributed by atoms with Crippen molar-refractivity contribution in [2.24, 2.45) is 0 Å². The molecule has 0 saturated heterocycles. The van der Waals surface area contributed by atoms with Gasteiger partial charge in [0.15, 0.2) is 3.92 Å². The van der Waals surface area contributed by atoms with Gasteiger partial charge in [-0.2, -0.15) is 0 Å². The molecule has 8 heteroatoms. The number of carbonyl (C=O) groups excluding carboxylic acids is 2. The van der Waals surface area contributed by atoms with Crippen molar-refractivity contribution in [2.45, 2.75) is 26.4 Å². The number of nitrogens with one attached hydrogen (secondary N) is 1. The van der Waals surface area contributed by atoms with Gasteiger partial charge in [-0.1, -0.05) is 11.3 Å². The molecule has 1 aromatic heterocycles. The fourth-order valence-electron chi connectivity index (χ4n) is 0.903. The number of carbonyl (C=O) groups is 2. The molecular formula is C9H12BrN3O3S. The van der Waals surface area contributed by atoms with Crippen molar-refractivity contribution in [3.05, 3.63) is 8.92 Å². The van der Waals surface area contributed by atoms with Crippen molar-refractivity contribution < 1.29 is 14.3 Å². The minimum Gasteiger partial charge on any atom is -0.459 e. The number of hydrogen-bond donors (Lipinski definition) is 1. The molecule has 17 heavy (non-hydrogen) atoms. The smallest absolute Gasteiger partial charge is 0.325 e. The summed E-state index contributed by atoms with van der Waals surface area (Å²) in [5.74, 6) is -0.937. The number of esters is 1. The highest BCUT2D eigenvalue weighted by molar-refractivity contribution is 9.11. The van der Waals surface area contributed by atoms with Gasteiger partial charge in [0, 0.05) is 0 Å². The van der Waals surface area contributed by atoms with Gasteiger partial charge in [-0.15, -0.1) is 10.2 Å². The summed E-state index contributed by atoms with van der Waals surface area (Å²) in [5, 5.41) is 9.86. The number of ether oxygens (including phenoxy) is 1. The second-order valence-electron chi connectivity index (χ2n) is 4.13. The van der Waals surface area contributed by atoms with E-state index in [0.717, 1.165) is 11.3 Å². The zero-order valence-corrected chi connectivity index (χ0v) is 12.0. The molecule has 0 fully saturated rings. The van der Waals surface area contributed by atoms with Gasteiger partial charge < -0.3 is 10.1 Å². The Kier molecular flexibility index (Phi) is 4.58. The molecule has 1 aromatic rings. The van der Waals surface area contributed by atoms with Crippen LogP contribution in [0.1, 0.15) is 30.6 Å². The van der Waals surface area contributed by atoms with Gasteiger partial charge >= 0.3 is 5.97 Å². The molecule has 1 amide bonds. The first-order valence-electron chi connectivity index (χ1n) is 4.77. The molecule has 0 aromatic carbocycles. The molecule has 1 rings (SSSR count). The SMILES string of the molecule is CC(C)(C)OC(=O)CNC(=O)c1nnc(Br)s1. The van der Waals surface area contributed by atoms with Crippen LogP contribution in [-0.2, 0) is 9.53 Å². The standard InChI is InChI=1S/C9H12BrN3O3S/c1-9(2,3)16-5(14)4-11-6(15)7-12-13-8(10)17-7/h4H2,1-3H3,(H,11,15). The first-order valence-corrected chi connectivity index (χ1v) is 6.38. The third kappa shape index (κ3) is 5.22. The van der Waals surface area contributed by atoms with Gasteiger partial charge in [0.1, 0.15) is 12.1 Å². The number of hydrogen-bond acceptors (Lipinski definition) is 6. The molecule has 1 N–H and O–H groups in total. The summed E-state index contributed by atoms with van der Waals surface area (Å²) < 4.78 is 5.55. The molecule has 0 atom stereocenters. The van der Waals surface area contributed by atoms with E-state index in [1.165, 1.54) is 0 Å². The van der Waals surface area contributed by atoms with Crippen LogP contribution in [0.3, 0.4) is 0 Å². The lowest BCUT2D eigenvalue weighted by atomic mass is 10.2. The Hall–Kier alpha value is -1.02. The molecule has 6 nitrogen and oxygen atoms in total. The van der Waals surface area contributed by atoms with Gasteiger partial charge in [0.2, 0.25) is 5.01 Å². The number of rotatable bonds is 3. The minimum atomic E-state index is -0.562. The Balaban J connectivity index is 2.41. The Morgan fingerprint density at radius 1 is 1.41 bits per heavy atom. The van der Waals surface area contributed by atoms with Gasteiger partial charge in [-0.25, -0.2) is 0 Å². The van der Waals surface area contributed by atoms with Crippen LogP contribution in [0.15, 0.2) is 3.92 Å². The van der Waals surface area contributed by atoms with Gasteiger partial charge in [-0.3, -0.25) is 9.59 Å². The molecule has 0 unspecified atom stereocenters. The van der Waals surface area contributed by atoms with Gasteiger partial charge in [0.25, 0.3) is 5.91 Å². The predicted molar refractivity (Wildman–Crippen MR) is 65.8 cm³/mol. The Labute approximate surface area is 111 Å². The third-order valence-electron chi connectivity index (χ3n) is 1.41. The number of nitrogens with zero attached hydrogens (tertiary/aromatic N) is 2. The zero-order valence-electron chi connectivity index (χ0n) is 9.61. The highest BCUT2D eigenvalue weighted by Crippen LogP contribution is 2.15. The van der Waals surface area contributed by atoms with Crippen molar-refractivity contribution in [1.82, 2.24) is 15.5 Å². The van der Waals surface area contributed by atoms with Crippen molar-refractivity contribution in [1.29, 1.82) is 0 Å². The first kappa shape index (κ1) is 14.0. The summed E-state index contributed by atoms with van der Waals surface area (Å²) >= 11 is 4.18. The van der Waals surface area contributed by atoms with Gasteiger partial charge in [-0.05, 0) is 36.7 Å². The molecule has 0 aliphatic heterocycles. The van der Waals surface area contributed by atoms with E-state index in [9.17, 15) is 9.59 Å². The molecule has 0 spiro atoms. The maximum Gasteiger partial charge on any atom is 0.325 e. The highest BCUT2D eigenvalue weighted by atomic mass is 79.9. The normalized spacial score (nSPS) is 11.1. The maximum absolute atomic E-state index is 11.5. The van der Waals surface area contributed by atoms with E-state index < -0.39 is 17.5 Å². The van der Waals surface area contributed by atoms with Crippen molar-refractivity contribution >= 4 is 39.1 Å². The summed E-state index contributed by atoms with van der Waals surface area (Å²) in [7, 11) is 0. The van der Waals surface area contributed by atoms with Crippen LogP contribution in [0, 0.1) is 0 Å². The van der Waals surface area contributed by atoms with E-state index in [-0.39, 0.29) is 11.6 Å². The highest BCUT2D eigenvalue weighted by Gasteiger charge is 2.18. The van der Waals surface area contributed by atoms with Crippen LogP contribution >= 0.6 is 27.3 Å². The zero-order chi connectivity index (χ0) is 13.1. The monoisotopic (exact) mass is 321 g/mol. The maximum atomic E-state index is 11.5. The molecule has 94 valence electrons. The summed E-state index contributed by atoms with van der Waals surface area (Å²) in [6, 6.07) is 0. The van der Waals surface area contributed by atoms with Crippen molar-refractivity contribution in [3.63, 3.8) is 0 Å². The number of aromatic nitrogens is 2. The van der Waals surface area contributed by atoms with Crippen LogP contribution in [-0.4, -0.2) is 34.2 Å². The molecule has 0 aliphatic rings. The second kappa shape index (κ2) is 5.54. The van der Waals surface area contributed by atoms with Crippen LogP contribution in [0.4, 0.5) is 0 Å². The predicted octanol–water partition coefficient (Wildman–Crippen LogP) is 1.37. The van der Waals surface area contributed by atoms with Crippen molar-refractivity contribution in [2.75, 3.05) is 6.54 Å². The average molecular weight is 322 g/mol. The number of halogens is 1. The van der Waals surface area contributed by atoms with E-state index in [0.29, 0.717) is 3.92 Å². The first-order chi connectivity index (χ1) is 7.78. The molecule has 0 aliphatic carbocycles. The second-order valence-corrected chi connectivity index (χ2v) is 6.38. The quantitative estimate of drug-likeness (QED) is 0.850. The lowest BCUT2D eigenvalue weighted by Gasteiger charge is -2.19. The van der Waals surface area contributed by atoms with E-state index in [1.54, 1.807) is 20.8 Å².